The molecule has 2 aliphatic heterocycles. The van der Waals surface area contributed by atoms with E-state index in [0.717, 1.165) is 5.39 Å². The molecule has 0 radical (unpaired) electrons. The number of benzene rings is 1. The second kappa shape index (κ2) is 9.59. The minimum Gasteiger partial charge on any atom is -0.481 e. The molecule has 1 atom stereocenters. The molecule has 0 saturated carbocycles. The lowest BCUT2D eigenvalue weighted by molar-refractivity contribution is -0.135. The molecule has 3 aromatic rings. The van der Waals surface area contributed by atoms with Gasteiger partial charge in [0.1, 0.15) is 16.2 Å². The molecule has 1 N–H and O–H groups in total. The van der Waals surface area contributed by atoms with Crippen LogP contribution in [0, 0.1) is 0 Å². The Hall–Kier alpha value is -3.78. The topological polar surface area (TPSA) is 149 Å². The first-order valence-corrected chi connectivity index (χ1v) is 13.3. The molecule has 5 rings (SSSR count). The summed E-state index contributed by atoms with van der Waals surface area (Å²) in [5.41, 5.74) is 1.20. The van der Waals surface area contributed by atoms with Gasteiger partial charge in [-0.1, -0.05) is 12.1 Å². The van der Waals surface area contributed by atoms with Gasteiger partial charge in [-0.15, -0.1) is 0 Å². The molecule has 0 spiro atoms. The van der Waals surface area contributed by atoms with E-state index in [1.807, 2.05) is 6.07 Å². The molecule has 2 fully saturated rings. The maximum atomic E-state index is 12.9. The molecule has 1 unspecified atom stereocenters. The van der Waals surface area contributed by atoms with Crippen molar-refractivity contribution in [3.8, 4) is 5.75 Å². The number of para-hydroxylation sites is 1. The van der Waals surface area contributed by atoms with Gasteiger partial charge in [0.05, 0.1) is 17.8 Å². The van der Waals surface area contributed by atoms with E-state index in [2.05, 4.69) is 15.5 Å². The predicted octanol–water partition coefficient (Wildman–Crippen LogP) is -0.261. The molecular weight excluding hydrogens is 502 g/mol. The molecule has 2 saturated heterocycles. The van der Waals surface area contributed by atoms with Gasteiger partial charge in [0.25, 0.3) is 5.91 Å². The van der Waals surface area contributed by atoms with E-state index in [0.29, 0.717) is 23.4 Å². The number of fused-ring (bicyclic) bond motifs is 1. The first-order chi connectivity index (χ1) is 17.6. The number of amides is 3. The van der Waals surface area contributed by atoms with Crippen molar-refractivity contribution in [2.45, 2.75) is 23.7 Å². The van der Waals surface area contributed by atoms with E-state index in [4.69, 9.17) is 4.74 Å². The molecule has 196 valence electrons. The van der Waals surface area contributed by atoms with Gasteiger partial charge in [-0.2, -0.15) is 14.5 Å². The number of rotatable bonds is 6. The third-order valence-corrected chi connectivity index (χ3v) is 8.54. The van der Waals surface area contributed by atoms with Crippen LogP contribution in [0.2, 0.25) is 0 Å². The lowest BCUT2D eigenvalue weighted by atomic mass is 9.93. The van der Waals surface area contributed by atoms with E-state index >= 15 is 0 Å². The number of nitrogens with one attached hydrogen (secondary N) is 1. The van der Waals surface area contributed by atoms with Crippen molar-refractivity contribution in [1.29, 1.82) is 0 Å². The van der Waals surface area contributed by atoms with E-state index < -0.39 is 15.9 Å². The second-order valence-corrected chi connectivity index (χ2v) is 11.0. The summed E-state index contributed by atoms with van der Waals surface area (Å²) < 4.78 is 35.8. The molecule has 13 nitrogen and oxygen atoms in total. The van der Waals surface area contributed by atoms with Gasteiger partial charge >= 0.3 is 0 Å². The van der Waals surface area contributed by atoms with Crippen LogP contribution >= 0.6 is 0 Å². The first kappa shape index (κ1) is 24.9. The standard InChI is InChI=1S/C23H27N7O6S/c1-27-13-15(12-24-27)37(34,35)30-10-8-29(9-11-30)20(32)14-36-18-5-3-4-16-21(26-28(2)22(16)18)17-6-7-19(31)25-23(17)33/h3-5,12-13,17H,6-11,14H2,1-2H3,(H,25,31,33). The van der Waals surface area contributed by atoms with Crippen LogP contribution in [0.3, 0.4) is 0 Å². The summed E-state index contributed by atoms with van der Waals surface area (Å²) in [4.78, 5) is 38.5. The minimum absolute atomic E-state index is 0.124. The molecule has 4 heterocycles. The molecule has 2 aromatic heterocycles. The number of piperidine rings is 1. The average Bonchev–Trinajstić information content (AvgIpc) is 3.47. The Morgan fingerprint density at radius 3 is 2.59 bits per heavy atom. The zero-order chi connectivity index (χ0) is 26.3. The number of hydrogen-bond acceptors (Lipinski definition) is 8. The highest BCUT2D eigenvalue weighted by molar-refractivity contribution is 7.89. The molecule has 3 amide bonds. The predicted molar refractivity (Wildman–Crippen MR) is 130 cm³/mol. The van der Waals surface area contributed by atoms with Gasteiger partial charge in [0.2, 0.25) is 21.8 Å². The number of hydrogen-bond donors (Lipinski definition) is 1. The van der Waals surface area contributed by atoms with Crippen LogP contribution in [0.5, 0.6) is 5.75 Å². The zero-order valence-corrected chi connectivity index (χ0v) is 21.3. The molecule has 37 heavy (non-hydrogen) atoms. The van der Waals surface area contributed by atoms with Crippen molar-refractivity contribution in [3.63, 3.8) is 0 Å². The van der Waals surface area contributed by atoms with Gasteiger partial charge in [0.15, 0.2) is 6.61 Å². The highest BCUT2D eigenvalue weighted by Crippen LogP contribution is 2.34. The Labute approximate surface area is 213 Å². The first-order valence-electron chi connectivity index (χ1n) is 11.8. The molecule has 0 bridgehead atoms. The Morgan fingerprint density at radius 2 is 1.92 bits per heavy atom. The number of carbonyl (C=O) groups excluding carboxylic acids is 3. The number of sulfonamides is 1. The SMILES string of the molecule is Cn1cc(S(=O)(=O)N2CCN(C(=O)COc3cccc4c(C5CCC(=O)NC5=O)nn(C)c34)CC2)cn1. The molecule has 1 aromatic carbocycles. The van der Waals surface area contributed by atoms with Crippen molar-refractivity contribution in [2.24, 2.45) is 14.1 Å². The number of carbonyl (C=O) groups is 3. The summed E-state index contributed by atoms with van der Waals surface area (Å²) in [5.74, 6) is -1.03. The van der Waals surface area contributed by atoms with Crippen LogP contribution in [0.1, 0.15) is 24.5 Å². The summed E-state index contributed by atoms with van der Waals surface area (Å²) >= 11 is 0. The number of imide groups is 1. The van der Waals surface area contributed by atoms with E-state index in [1.54, 1.807) is 35.8 Å². The number of piperazine rings is 1. The van der Waals surface area contributed by atoms with Crippen LogP contribution in [-0.4, -0.2) is 87.7 Å². The van der Waals surface area contributed by atoms with Crippen LogP contribution in [0.25, 0.3) is 10.9 Å². The van der Waals surface area contributed by atoms with Crippen LogP contribution in [-0.2, 0) is 38.5 Å². The second-order valence-electron chi connectivity index (χ2n) is 9.09. The zero-order valence-electron chi connectivity index (χ0n) is 20.5. The Bertz CT molecular complexity index is 1490. The summed E-state index contributed by atoms with van der Waals surface area (Å²) in [6.45, 7) is 0.618. The monoisotopic (exact) mass is 529 g/mol. The minimum atomic E-state index is -3.66. The van der Waals surface area contributed by atoms with Crippen molar-refractivity contribution in [3.05, 3.63) is 36.3 Å². The molecule has 2 aliphatic rings. The quantitative estimate of drug-likeness (QED) is 0.430. The number of aryl methyl sites for hydroxylation is 2. The Morgan fingerprint density at radius 1 is 1.16 bits per heavy atom. The largest absolute Gasteiger partial charge is 0.481 e. The van der Waals surface area contributed by atoms with Crippen LogP contribution < -0.4 is 10.1 Å². The number of nitrogens with zero attached hydrogens (tertiary/aromatic N) is 6. The number of aromatic nitrogens is 4. The molecular formula is C23H27N7O6S. The molecule has 14 heteroatoms. The summed E-state index contributed by atoms with van der Waals surface area (Å²) in [5, 5.41) is 11.5. The van der Waals surface area contributed by atoms with Gasteiger partial charge in [-0.25, -0.2) is 8.42 Å². The fraction of sp³-hybridized carbons (Fsp3) is 0.435. The maximum Gasteiger partial charge on any atom is 0.260 e. The Kier molecular flexibility index (Phi) is 6.45. The van der Waals surface area contributed by atoms with Crippen molar-refractivity contribution >= 4 is 38.6 Å². The van der Waals surface area contributed by atoms with Gasteiger partial charge in [-0.3, -0.25) is 29.1 Å². The van der Waals surface area contributed by atoms with Gasteiger partial charge in [0, 0.05) is 58.3 Å². The number of ether oxygens (including phenoxy) is 1. The third-order valence-electron chi connectivity index (χ3n) is 6.69. The van der Waals surface area contributed by atoms with Crippen molar-refractivity contribution < 1.29 is 27.5 Å². The van der Waals surface area contributed by atoms with Crippen LogP contribution in [0.4, 0.5) is 0 Å². The summed E-state index contributed by atoms with van der Waals surface area (Å²) in [6.07, 6.45) is 3.38. The lowest BCUT2D eigenvalue weighted by Crippen LogP contribution is -2.51. The average molecular weight is 530 g/mol. The van der Waals surface area contributed by atoms with E-state index in [9.17, 15) is 22.8 Å². The highest BCUT2D eigenvalue weighted by Gasteiger charge is 2.33. The maximum absolute atomic E-state index is 12.9. The van der Waals surface area contributed by atoms with E-state index in [1.165, 1.54) is 21.4 Å². The summed E-state index contributed by atoms with van der Waals surface area (Å²) in [6, 6.07) is 5.32. The van der Waals surface area contributed by atoms with Gasteiger partial charge < -0.3 is 9.64 Å². The Balaban J connectivity index is 1.24. The van der Waals surface area contributed by atoms with Gasteiger partial charge in [-0.05, 0) is 12.5 Å². The normalized spacial score (nSPS) is 19.3. The fourth-order valence-corrected chi connectivity index (χ4v) is 6.15. The smallest absolute Gasteiger partial charge is 0.260 e. The molecule has 0 aliphatic carbocycles. The highest BCUT2D eigenvalue weighted by atomic mass is 32.2. The van der Waals surface area contributed by atoms with Crippen molar-refractivity contribution in [1.82, 2.24) is 34.1 Å². The van der Waals surface area contributed by atoms with Crippen molar-refractivity contribution in [2.75, 3.05) is 32.8 Å². The summed E-state index contributed by atoms with van der Waals surface area (Å²) in [7, 11) is -0.284. The fourth-order valence-electron chi connectivity index (χ4n) is 4.75. The lowest BCUT2D eigenvalue weighted by Gasteiger charge is -2.33. The van der Waals surface area contributed by atoms with E-state index in [-0.39, 0.29) is 61.8 Å². The third kappa shape index (κ3) is 4.69. The van der Waals surface area contributed by atoms with Crippen LogP contribution in [0.15, 0.2) is 35.5 Å².